The number of nitrogens with one attached hydrogen (secondary N) is 1. The normalized spacial score (nSPS) is 15.0. The summed E-state index contributed by atoms with van der Waals surface area (Å²) in [6.07, 6.45) is 18.8. The molecule has 0 amide bonds. The first-order valence-electron chi connectivity index (χ1n) is 17.8. The van der Waals surface area contributed by atoms with Crippen molar-refractivity contribution in [3.05, 3.63) is 76.5 Å². The smallest absolute Gasteiger partial charge is 0.335 e. The van der Waals surface area contributed by atoms with Crippen molar-refractivity contribution in [2.75, 3.05) is 27.2 Å². The summed E-state index contributed by atoms with van der Waals surface area (Å²) in [7, 11) is 3.80. The number of ether oxygens (including phenoxy) is 1. The Bertz CT molecular complexity index is 1230. The fraction of sp³-hybridized carbons (Fsp3) is 0.590. The average Bonchev–Trinajstić information content (AvgIpc) is 3.04. The minimum atomic E-state index is -0.929. The highest BCUT2D eigenvalue weighted by molar-refractivity contribution is 7.80. The van der Waals surface area contributed by atoms with Gasteiger partial charge in [-0.15, -0.1) is 0 Å². The molecule has 0 aromatic heterocycles. The third-order valence-electron chi connectivity index (χ3n) is 9.21. The molecule has 0 fully saturated rings. The SMILES string of the molecule is CCCCCCCCCCCCCCCc1cccc(OC)c1C1C(C(=O)O)=C(C)NC(=S)N1CCCN(C)Cc1ccccc1. The lowest BCUT2D eigenvalue weighted by atomic mass is 9.87. The van der Waals surface area contributed by atoms with E-state index in [1.807, 2.05) is 25.1 Å². The topological polar surface area (TPSA) is 65.0 Å². The maximum absolute atomic E-state index is 12.8. The van der Waals surface area contributed by atoms with Crippen molar-refractivity contribution in [1.29, 1.82) is 0 Å². The molecule has 1 atom stereocenters. The molecular formula is C39H59N3O3S. The summed E-state index contributed by atoms with van der Waals surface area (Å²) in [5.74, 6) is -0.207. The second kappa shape index (κ2) is 21.1. The van der Waals surface area contributed by atoms with Crippen LogP contribution in [0.1, 0.15) is 126 Å². The van der Waals surface area contributed by atoms with E-state index in [0.717, 1.165) is 49.2 Å². The Kier molecular flexibility index (Phi) is 17.2. The maximum Gasteiger partial charge on any atom is 0.335 e. The number of aliphatic carboxylic acids is 1. The van der Waals surface area contributed by atoms with Gasteiger partial charge in [-0.1, -0.05) is 126 Å². The Morgan fingerprint density at radius 2 is 1.50 bits per heavy atom. The van der Waals surface area contributed by atoms with Gasteiger partial charge in [0.15, 0.2) is 5.11 Å². The van der Waals surface area contributed by atoms with Crippen LogP contribution in [0, 0.1) is 0 Å². The highest BCUT2D eigenvalue weighted by Gasteiger charge is 2.38. The predicted octanol–water partition coefficient (Wildman–Crippen LogP) is 9.44. The van der Waals surface area contributed by atoms with Crippen LogP contribution < -0.4 is 10.1 Å². The number of carbonyl (C=O) groups is 1. The monoisotopic (exact) mass is 649 g/mol. The second-order valence-corrected chi connectivity index (χ2v) is 13.4. The van der Waals surface area contributed by atoms with Crippen LogP contribution in [0.25, 0.3) is 0 Å². The van der Waals surface area contributed by atoms with E-state index in [4.69, 9.17) is 17.0 Å². The van der Waals surface area contributed by atoms with Crippen LogP contribution in [-0.4, -0.2) is 53.2 Å². The third-order valence-corrected chi connectivity index (χ3v) is 9.54. The van der Waals surface area contributed by atoms with E-state index < -0.39 is 12.0 Å². The molecule has 254 valence electrons. The van der Waals surface area contributed by atoms with Crippen LogP contribution in [-0.2, 0) is 17.8 Å². The lowest BCUT2D eigenvalue weighted by Gasteiger charge is -2.41. The van der Waals surface area contributed by atoms with Crippen molar-refractivity contribution in [3.63, 3.8) is 0 Å². The third kappa shape index (κ3) is 12.0. The van der Waals surface area contributed by atoms with Gasteiger partial charge < -0.3 is 25.0 Å². The van der Waals surface area contributed by atoms with Gasteiger partial charge in [0.2, 0.25) is 0 Å². The van der Waals surface area contributed by atoms with Crippen LogP contribution in [0.4, 0.5) is 0 Å². The molecule has 1 aliphatic rings. The Labute approximate surface area is 284 Å². The van der Waals surface area contributed by atoms with E-state index >= 15 is 0 Å². The van der Waals surface area contributed by atoms with Crippen LogP contribution in [0.5, 0.6) is 5.75 Å². The number of benzene rings is 2. The molecule has 1 aliphatic heterocycles. The van der Waals surface area contributed by atoms with Crippen LogP contribution in [0.2, 0.25) is 0 Å². The number of aryl methyl sites for hydroxylation is 1. The molecule has 2 N–H and O–H groups in total. The number of nitrogens with zero attached hydrogens (tertiary/aromatic N) is 2. The van der Waals surface area contributed by atoms with Gasteiger partial charge in [-0.3, -0.25) is 0 Å². The Hall–Kier alpha value is -2.90. The zero-order valence-electron chi connectivity index (χ0n) is 29.0. The number of thiocarbonyl (C=S) groups is 1. The van der Waals surface area contributed by atoms with Gasteiger partial charge in [-0.2, -0.15) is 0 Å². The zero-order valence-corrected chi connectivity index (χ0v) is 29.8. The molecular weight excluding hydrogens is 591 g/mol. The van der Waals surface area contributed by atoms with E-state index in [1.54, 1.807) is 7.11 Å². The molecule has 0 spiro atoms. The fourth-order valence-corrected chi connectivity index (χ4v) is 7.05. The van der Waals surface area contributed by atoms with Crippen molar-refractivity contribution in [1.82, 2.24) is 15.1 Å². The summed E-state index contributed by atoms with van der Waals surface area (Å²) in [6.45, 7) is 6.45. The van der Waals surface area contributed by atoms with Crippen molar-refractivity contribution in [3.8, 4) is 5.75 Å². The van der Waals surface area contributed by atoms with Crippen LogP contribution in [0.3, 0.4) is 0 Å². The van der Waals surface area contributed by atoms with Gasteiger partial charge in [0.25, 0.3) is 0 Å². The number of allylic oxidation sites excluding steroid dienone is 1. The molecule has 6 nitrogen and oxygen atoms in total. The number of hydrogen-bond acceptors (Lipinski definition) is 4. The number of carboxylic acids is 1. The summed E-state index contributed by atoms with van der Waals surface area (Å²) < 4.78 is 5.90. The minimum absolute atomic E-state index is 0.336. The first-order chi connectivity index (χ1) is 22.4. The molecule has 0 radical (unpaired) electrons. The largest absolute Gasteiger partial charge is 0.496 e. The molecule has 3 rings (SSSR count). The standard InChI is InChI=1S/C39H59N3O3S/c1-5-6-7-8-9-10-11-12-13-14-15-16-20-25-33-26-21-27-34(45-4)36(33)37-35(38(43)44)31(2)40-39(46)42(37)29-22-28-41(3)30-32-23-18-17-19-24-32/h17-19,21,23-24,26-27,37H,5-16,20,22,25,28-30H2,1-4H3,(H,40,46)(H,43,44). The molecule has 1 unspecified atom stereocenters. The van der Waals surface area contributed by atoms with Gasteiger partial charge in [0.05, 0.1) is 18.7 Å². The molecule has 0 saturated heterocycles. The summed E-state index contributed by atoms with van der Waals surface area (Å²) in [6, 6.07) is 16.1. The number of hydrogen-bond donors (Lipinski definition) is 2. The molecule has 0 saturated carbocycles. The number of carboxylic acid groups (broad SMARTS) is 1. The van der Waals surface area contributed by atoms with Crippen molar-refractivity contribution in [2.45, 2.75) is 123 Å². The molecule has 2 aromatic rings. The van der Waals surface area contributed by atoms with Gasteiger partial charge in [0, 0.05) is 24.4 Å². The highest BCUT2D eigenvalue weighted by atomic mass is 32.1. The number of methoxy groups -OCH3 is 1. The fourth-order valence-electron chi connectivity index (χ4n) is 6.70. The molecule has 1 heterocycles. The predicted molar refractivity (Wildman–Crippen MR) is 195 cm³/mol. The molecule has 46 heavy (non-hydrogen) atoms. The van der Waals surface area contributed by atoms with Gasteiger partial charge in [-0.05, 0) is 69.2 Å². The van der Waals surface area contributed by atoms with Gasteiger partial charge in [-0.25, -0.2) is 4.79 Å². The van der Waals surface area contributed by atoms with E-state index in [2.05, 4.69) is 59.4 Å². The van der Waals surface area contributed by atoms with Crippen molar-refractivity contribution in [2.24, 2.45) is 0 Å². The van der Waals surface area contributed by atoms with Crippen LogP contribution >= 0.6 is 12.2 Å². The highest BCUT2D eigenvalue weighted by Crippen LogP contribution is 2.41. The van der Waals surface area contributed by atoms with Gasteiger partial charge >= 0.3 is 5.97 Å². The average molecular weight is 650 g/mol. The number of rotatable bonds is 23. The summed E-state index contributed by atoms with van der Waals surface area (Å²) in [5, 5.41) is 14.2. The lowest BCUT2D eigenvalue weighted by Crippen LogP contribution is -2.49. The molecule has 0 aliphatic carbocycles. The Morgan fingerprint density at radius 1 is 0.891 bits per heavy atom. The first kappa shape index (κ1) is 37.6. The Morgan fingerprint density at radius 3 is 2.09 bits per heavy atom. The van der Waals surface area contributed by atoms with Crippen molar-refractivity contribution < 1.29 is 14.6 Å². The maximum atomic E-state index is 12.8. The minimum Gasteiger partial charge on any atom is -0.496 e. The number of unbranched alkanes of at least 4 members (excludes halogenated alkanes) is 12. The quantitative estimate of drug-likeness (QED) is 0.0918. The summed E-state index contributed by atoms with van der Waals surface area (Å²) in [5.41, 5.74) is 4.29. The van der Waals surface area contributed by atoms with Crippen LogP contribution in [0.15, 0.2) is 59.8 Å². The lowest BCUT2D eigenvalue weighted by molar-refractivity contribution is -0.133. The van der Waals surface area contributed by atoms with E-state index in [-0.39, 0.29) is 0 Å². The second-order valence-electron chi connectivity index (χ2n) is 13.0. The molecule has 0 bridgehead atoms. The zero-order chi connectivity index (χ0) is 33.1. The van der Waals surface area contributed by atoms with Gasteiger partial charge in [0.1, 0.15) is 5.75 Å². The van der Waals surface area contributed by atoms with E-state index in [0.29, 0.717) is 22.9 Å². The van der Waals surface area contributed by atoms with E-state index in [9.17, 15) is 9.90 Å². The van der Waals surface area contributed by atoms with Crippen molar-refractivity contribution >= 4 is 23.3 Å². The van der Waals surface area contributed by atoms with E-state index in [1.165, 1.54) is 82.6 Å². The summed E-state index contributed by atoms with van der Waals surface area (Å²) >= 11 is 5.86. The first-order valence-corrected chi connectivity index (χ1v) is 18.2. The molecule has 2 aromatic carbocycles. The summed E-state index contributed by atoms with van der Waals surface area (Å²) in [4.78, 5) is 17.1. The molecule has 7 heteroatoms. The Balaban J connectivity index is 1.63.